The Morgan fingerprint density at radius 2 is 2.13 bits per heavy atom. The molecule has 0 aliphatic heterocycles. The summed E-state index contributed by atoms with van der Waals surface area (Å²) in [6, 6.07) is 7.62. The first-order valence-corrected chi connectivity index (χ1v) is 7.06. The zero-order valence-electron chi connectivity index (χ0n) is 13.1. The van der Waals surface area contributed by atoms with Crippen LogP contribution < -0.4 is 4.90 Å². The zero-order valence-corrected chi connectivity index (χ0v) is 13.1. The number of rotatable bonds is 4. The quantitative estimate of drug-likeness (QED) is 0.684. The molecule has 0 aliphatic rings. The fourth-order valence-electron chi connectivity index (χ4n) is 2.04. The van der Waals surface area contributed by atoms with Crippen molar-refractivity contribution in [1.82, 2.24) is 15.1 Å². The lowest BCUT2D eigenvalue weighted by atomic mass is 10.1. The Hall–Kier alpha value is -2.96. The number of carbonyl (C=O) groups is 1. The van der Waals surface area contributed by atoms with E-state index in [1.54, 1.807) is 25.1 Å². The van der Waals surface area contributed by atoms with Gasteiger partial charge in [0.2, 0.25) is 0 Å². The Morgan fingerprint density at radius 3 is 2.87 bits per heavy atom. The minimum Gasteiger partial charge on any atom is -0.452 e. The summed E-state index contributed by atoms with van der Waals surface area (Å²) in [5.41, 5.74) is 2.34. The van der Waals surface area contributed by atoms with E-state index < -0.39 is 5.97 Å². The van der Waals surface area contributed by atoms with Crippen LogP contribution in [0.25, 0.3) is 10.9 Å². The number of anilines is 1. The minimum absolute atomic E-state index is 0.0778. The second-order valence-corrected chi connectivity index (χ2v) is 5.38. The van der Waals surface area contributed by atoms with E-state index in [1.807, 2.05) is 25.1 Å². The highest BCUT2D eigenvalue weighted by molar-refractivity contribution is 5.93. The number of hydrogen-bond acceptors (Lipinski definition) is 7. The number of pyridine rings is 1. The molecule has 0 fully saturated rings. The topological polar surface area (TPSA) is 81.4 Å². The van der Waals surface area contributed by atoms with Crippen LogP contribution in [0, 0.1) is 6.92 Å². The molecular weight excluding hydrogens is 296 g/mol. The van der Waals surface area contributed by atoms with Gasteiger partial charge in [-0.15, -0.1) is 0 Å². The molecule has 2 aromatic heterocycles. The number of fused-ring (bicyclic) bond motifs is 1. The Morgan fingerprint density at radius 1 is 1.30 bits per heavy atom. The highest BCUT2D eigenvalue weighted by Gasteiger charge is 2.13. The van der Waals surface area contributed by atoms with E-state index in [9.17, 15) is 4.79 Å². The van der Waals surface area contributed by atoms with E-state index in [0.29, 0.717) is 11.5 Å². The molecule has 0 saturated carbocycles. The van der Waals surface area contributed by atoms with Crippen molar-refractivity contribution in [3.63, 3.8) is 0 Å². The number of carbonyl (C=O) groups excluding carboxylic acids is 1. The molecule has 0 bridgehead atoms. The lowest BCUT2D eigenvalue weighted by Crippen LogP contribution is -2.10. The van der Waals surface area contributed by atoms with Crippen molar-refractivity contribution in [2.45, 2.75) is 13.5 Å². The van der Waals surface area contributed by atoms with E-state index in [-0.39, 0.29) is 12.5 Å². The summed E-state index contributed by atoms with van der Waals surface area (Å²) in [6.07, 6.45) is 1.50. The number of aromatic nitrogens is 3. The van der Waals surface area contributed by atoms with Gasteiger partial charge in [-0.1, -0.05) is 12.1 Å². The zero-order chi connectivity index (χ0) is 16.4. The molecule has 0 radical (unpaired) electrons. The van der Waals surface area contributed by atoms with Gasteiger partial charge in [0.25, 0.3) is 11.8 Å². The fourth-order valence-corrected chi connectivity index (χ4v) is 2.04. The van der Waals surface area contributed by atoms with Crippen molar-refractivity contribution < 1.29 is 14.1 Å². The Balaban J connectivity index is 1.71. The standard InChI is InChI=1S/C16H16N4O3/c1-10-4-5-11-7-12(8-17-13(11)6-10)15(21)22-9-14-18-16(19-23-14)20(2)3/h4-8H,9H2,1-3H3. The summed E-state index contributed by atoms with van der Waals surface area (Å²) in [7, 11) is 3.59. The maximum Gasteiger partial charge on any atom is 0.340 e. The smallest absolute Gasteiger partial charge is 0.340 e. The van der Waals surface area contributed by atoms with E-state index in [2.05, 4.69) is 15.1 Å². The van der Waals surface area contributed by atoms with Crippen LogP contribution in [-0.4, -0.2) is 35.2 Å². The molecule has 3 rings (SSSR count). The molecule has 118 valence electrons. The van der Waals surface area contributed by atoms with E-state index in [1.165, 1.54) is 6.20 Å². The summed E-state index contributed by atoms with van der Waals surface area (Å²) in [5, 5.41) is 4.64. The van der Waals surface area contributed by atoms with Gasteiger partial charge in [-0.25, -0.2) is 4.79 Å². The first-order chi connectivity index (χ1) is 11.0. The third-order valence-electron chi connectivity index (χ3n) is 3.26. The van der Waals surface area contributed by atoms with Crippen molar-refractivity contribution in [2.75, 3.05) is 19.0 Å². The van der Waals surface area contributed by atoms with Crippen molar-refractivity contribution in [2.24, 2.45) is 0 Å². The maximum absolute atomic E-state index is 12.1. The predicted molar refractivity (Wildman–Crippen MR) is 84.2 cm³/mol. The van der Waals surface area contributed by atoms with Crippen LogP contribution in [0.4, 0.5) is 5.95 Å². The molecule has 7 heteroatoms. The molecule has 2 heterocycles. The van der Waals surface area contributed by atoms with Gasteiger partial charge in [0, 0.05) is 25.7 Å². The van der Waals surface area contributed by atoms with Gasteiger partial charge in [0.1, 0.15) is 0 Å². The number of benzene rings is 1. The Labute approximate surface area is 132 Å². The van der Waals surface area contributed by atoms with Crippen LogP contribution in [-0.2, 0) is 11.3 Å². The number of nitrogens with zero attached hydrogens (tertiary/aromatic N) is 4. The fraction of sp³-hybridized carbons (Fsp3) is 0.250. The number of hydrogen-bond donors (Lipinski definition) is 0. The van der Waals surface area contributed by atoms with Crippen LogP contribution in [0.2, 0.25) is 0 Å². The minimum atomic E-state index is -0.482. The van der Waals surface area contributed by atoms with Gasteiger partial charge in [-0.05, 0) is 29.8 Å². The van der Waals surface area contributed by atoms with E-state index in [4.69, 9.17) is 9.26 Å². The molecule has 0 unspecified atom stereocenters. The summed E-state index contributed by atoms with van der Waals surface area (Å²) in [4.78, 5) is 22.2. The van der Waals surface area contributed by atoms with Gasteiger partial charge in [0.05, 0.1) is 11.1 Å². The molecule has 0 N–H and O–H groups in total. The van der Waals surface area contributed by atoms with Crippen molar-refractivity contribution in [1.29, 1.82) is 0 Å². The maximum atomic E-state index is 12.1. The lowest BCUT2D eigenvalue weighted by molar-refractivity contribution is 0.0429. The molecule has 3 aromatic rings. The molecule has 0 atom stereocenters. The van der Waals surface area contributed by atoms with Crippen molar-refractivity contribution in [3.05, 3.63) is 47.5 Å². The average molecular weight is 312 g/mol. The first kappa shape index (κ1) is 15.0. The first-order valence-electron chi connectivity index (χ1n) is 7.06. The van der Waals surface area contributed by atoms with Gasteiger partial charge in [-0.3, -0.25) is 4.98 Å². The van der Waals surface area contributed by atoms with Gasteiger partial charge in [-0.2, -0.15) is 4.98 Å². The summed E-state index contributed by atoms with van der Waals surface area (Å²) >= 11 is 0. The van der Waals surface area contributed by atoms with Crippen molar-refractivity contribution in [3.8, 4) is 0 Å². The average Bonchev–Trinajstić information content (AvgIpc) is 3.01. The molecule has 23 heavy (non-hydrogen) atoms. The largest absolute Gasteiger partial charge is 0.452 e. The van der Waals surface area contributed by atoms with E-state index >= 15 is 0 Å². The van der Waals surface area contributed by atoms with Gasteiger partial charge < -0.3 is 14.2 Å². The lowest BCUT2D eigenvalue weighted by Gasteiger charge is -2.04. The molecule has 0 spiro atoms. The molecular formula is C16H16N4O3. The molecule has 0 saturated heterocycles. The monoisotopic (exact) mass is 312 g/mol. The van der Waals surface area contributed by atoms with Crippen LogP contribution in [0.5, 0.6) is 0 Å². The molecule has 7 nitrogen and oxygen atoms in total. The summed E-state index contributed by atoms with van der Waals surface area (Å²) < 4.78 is 10.2. The number of aryl methyl sites for hydroxylation is 1. The van der Waals surface area contributed by atoms with Crippen LogP contribution >= 0.6 is 0 Å². The summed E-state index contributed by atoms with van der Waals surface area (Å²) in [6.45, 7) is 1.92. The van der Waals surface area contributed by atoms with Crippen molar-refractivity contribution >= 4 is 22.8 Å². The molecule has 0 aliphatic carbocycles. The normalized spacial score (nSPS) is 10.7. The number of esters is 1. The van der Waals surface area contributed by atoms with Crippen LogP contribution in [0.1, 0.15) is 21.8 Å². The predicted octanol–water partition coefficient (Wildman–Crippen LogP) is 2.35. The van der Waals surface area contributed by atoms with Crippen LogP contribution in [0.3, 0.4) is 0 Å². The third-order valence-corrected chi connectivity index (χ3v) is 3.26. The van der Waals surface area contributed by atoms with Gasteiger partial charge in [0.15, 0.2) is 6.61 Å². The third kappa shape index (κ3) is 3.28. The van der Waals surface area contributed by atoms with E-state index in [0.717, 1.165) is 16.5 Å². The highest BCUT2D eigenvalue weighted by Crippen LogP contribution is 2.16. The second-order valence-electron chi connectivity index (χ2n) is 5.38. The highest BCUT2D eigenvalue weighted by atomic mass is 16.6. The summed E-state index contributed by atoms with van der Waals surface area (Å²) in [5.74, 6) is 0.190. The molecule has 1 aromatic carbocycles. The Bertz CT molecular complexity index is 857. The Kier molecular flexibility index (Phi) is 3.92. The molecule has 0 amide bonds. The van der Waals surface area contributed by atoms with Gasteiger partial charge >= 0.3 is 5.97 Å². The second kappa shape index (κ2) is 6.04. The number of ether oxygens (including phenoxy) is 1. The SMILES string of the molecule is Cc1ccc2cc(C(=O)OCc3nc(N(C)C)no3)cnc2c1. The van der Waals surface area contributed by atoms with Crippen LogP contribution in [0.15, 0.2) is 35.0 Å².